The van der Waals surface area contributed by atoms with Crippen molar-refractivity contribution in [1.82, 2.24) is 10.2 Å². The predicted molar refractivity (Wildman–Crippen MR) is 71.5 cm³/mol. The van der Waals surface area contributed by atoms with Crippen molar-refractivity contribution in [2.24, 2.45) is 11.3 Å². The highest BCUT2D eigenvalue weighted by Crippen LogP contribution is 2.24. The van der Waals surface area contributed by atoms with Crippen molar-refractivity contribution in [3.63, 3.8) is 0 Å². The second-order valence-electron chi connectivity index (χ2n) is 5.92. The Kier molecular flexibility index (Phi) is 6.15. The summed E-state index contributed by atoms with van der Waals surface area (Å²) >= 11 is 0. The lowest BCUT2D eigenvalue weighted by atomic mass is 9.81. The van der Waals surface area contributed by atoms with E-state index in [0.29, 0.717) is 12.5 Å². The van der Waals surface area contributed by atoms with Gasteiger partial charge in [0.25, 0.3) is 0 Å². The molecule has 0 aliphatic heterocycles. The van der Waals surface area contributed by atoms with Crippen LogP contribution in [0.4, 0.5) is 4.79 Å². The van der Waals surface area contributed by atoms with E-state index in [1.54, 1.807) is 13.8 Å². The Morgan fingerprint density at radius 2 is 1.72 bits per heavy atom. The largest absolute Gasteiger partial charge is 0.480 e. The van der Waals surface area contributed by atoms with Gasteiger partial charge in [0.1, 0.15) is 6.54 Å². The van der Waals surface area contributed by atoms with E-state index in [1.165, 1.54) is 4.90 Å². The van der Waals surface area contributed by atoms with Crippen LogP contribution < -0.4 is 5.32 Å². The summed E-state index contributed by atoms with van der Waals surface area (Å²) in [6.45, 7) is 12.2. The fourth-order valence-corrected chi connectivity index (χ4v) is 1.24. The molecule has 5 nitrogen and oxygen atoms in total. The number of hydrogen-bond acceptors (Lipinski definition) is 2. The number of rotatable bonds is 6. The number of nitrogens with zero attached hydrogens (tertiary/aromatic N) is 1. The third-order valence-corrected chi connectivity index (χ3v) is 3.45. The molecule has 0 bridgehead atoms. The van der Waals surface area contributed by atoms with Crippen LogP contribution in [0.15, 0.2) is 0 Å². The van der Waals surface area contributed by atoms with E-state index in [0.717, 1.165) is 0 Å². The van der Waals surface area contributed by atoms with Crippen LogP contribution >= 0.6 is 0 Å². The number of carboxylic acid groups (broad SMARTS) is 1. The second-order valence-corrected chi connectivity index (χ2v) is 5.92. The lowest BCUT2D eigenvalue weighted by Crippen LogP contribution is -2.49. The van der Waals surface area contributed by atoms with E-state index < -0.39 is 5.97 Å². The van der Waals surface area contributed by atoms with Crippen molar-refractivity contribution in [3.05, 3.63) is 0 Å². The molecule has 0 saturated heterocycles. The standard InChI is InChI=1S/C13H26N2O3/c1-9(2)13(5,6)8-14-12(18)15(10(3)4)7-11(16)17/h9-10H,7-8H2,1-6H3,(H,14,18)(H,16,17). The first-order chi connectivity index (χ1) is 8.08. The highest BCUT2D eigenvalue weighted by atomic mass is 16.4. The summed E-state index contributed by atoms with van der Waals surface area (Å²) in [4.78, 5) is 24.0. The number of urea groups is 1. The molecule has 0 unspecified atom stereocenters. The molecule has 0 aliphatic rings. The molecule has 0 aromatic carbocycles. The number of aliphatic carboxylic acids is 1. The summed E-state index contributed by atoms with van der Waals surface area (Å²) < 4.78 is 0. The highest BCUT2D eigenvalue weighted by molar-refractivity contribution is 5.80. The van der Waals surface area contributed by atoms with Gasteiger partial charge in [-0.3, -0.25) is 4.79 Å². The Bertz CT molecular complexity index is 299. The number of carbonyl (C=O) groups excluding carboxylic acids is 1. The van der Waals surface area contributed by atoms with Gasteiger partial charge in [-0.05, 0) is 25.2 Å². The van der Waals surface area contributed by atoms with Crippen molar-refractivity contribution in [2.75, 3.05) is 13.1 Å². The third-order valence-electron chi connectivity index (χ3n) is 3.45. The first kappa shape index (κ1) is 16.7. The second kappa shape index (κ2) is 6.61. The Morgan fingerprint density at radius 3 is 2.06 bits per heavy atom. The lowest BCUT2D eigenvalue weighted by Gasteiger charge is -2.32. The SMILES string of the molecule is CC(C)N(CC(=O)O)C(=O)NCC(C)(C)C(C)C. The molecule has 0 spiro atoms. The molecular weight excluding hydrogens is 232 g/mol. The predicted octanol–water partition coefficient (Wildman–Crippen LogP) is 2.17. The summed E-state index contributed by atoms with van der Waals surface area (Å²) in [5.41, 5.74) is -0.0124. The van der Waals surface area contributed by atoms with Gasteiger partial charge < -0.3 is 15.3 Å². The fraction of sp³-hybridized carbons (Fsp3) is 0.846. The zero-order valence-corrected chi connectivity index (χ0v) is 12.3. The molecule has 0 heterocycles. The van der Waals surface area contributed by atoms with Gasteiger partial charge in [-0.2, -0.15) is 0 Å². The Morgan fingerprint density at radius 1 is 1.22 bits per heavy atom. The number of carboxylic acids is 1. The summed E-state index contributed by atoms with van der Waals surface area (Å²) in [7, 11) is 0. The van der Waals surface area contributed by atoms with Crippen molar-refractivity contribution < 1.29 is 14.7 Å². The van der Waals surface area contributed by atoms with Gasteiger partial charge >= 0.3 is 12.0 Å². The molecule has 0 fully saturated rings. The maximum atomic E-state index is 11.9. The van der Waals surface area contributed by atoms with Crippen LogP contribution in [0, 0.1) is 11.3 Å². The monoisotopic (exact) mass is 258 g/mol. The van der Waals surface area contributed by atoms with Crippen LogP contribution in [0.5, 0.6) is 0 Å². The number of hydrogen-bond donors (Lipinski definition) is 2. The maximum absolute atomic E-state index is 11.9. The van der Waals surface area contributed by atoms with Gasteiger partial charge in [0, 0.05) is 12.6 Å². The van der Waals surface area contributed by atoms with E-state index in [1.807, 2.05) is 0 Å². The van der Waals surface area contributed by atoms with Crippen LogP contribution in [0.1, 0.15) is 41.5 Å². The maximum Gasteiger partial charge on any atom is 0.323 e. The zero-order valence-electron chi connectivity index (χ0n) is 12.3. The van der Waals surface area contributed by atoms with Crippen molar-refractivity contribution in [2.45, 2.75) is 47.6 Å². The minimum absolute atomic E-state index is 0.0124. The fourth-order valence-electron chi connectivity index (χ4n) is 1.24. The molecule has 0 aliphatic carbocycles. The van der Waals surface area contributed by atoms with Crippen LogP contribution in [-0.4, -0.2) is 41.1 Å². The zero-order chi connectivity index (χ0) is 14.5. The molecule has 2 amide bonds. The van der Waals surface area contributed by atoms with E-state index in [4.69, 9.17) is 5.11 Å². The van der Waals surface area contributed by atoms with Crippen LogP contribution in [0.2, 0.25) is 0 Å². The van der Waals surface area contributed by atoms with E-state index in [-0.39, 0.29) is 24.0 Å². The average Bonchev–Trinajstić information content (AvgIpc) is 2.21. The van der Waals surface area contributed by atoms with Gasteiger partial charge in [0.2, 0.25) is 0 Å². The molecular formula is C13H26N2O3. The Balaban J connectivity index is 4.49. The average molecular weight is 258 g/mol. The molecule has 0 rings (SSSR count). The molecule has 0 radical (unpaired) electrons. The lowest BCUT2D eigenvalue weighted by molar-refractivity contribution is -0.138. The summed E-state index contributed by atoms with van der Waals surface area (Å²) in [5, 5.41) is 11.6. The topological polar surface area (TPSA) is 69.6 Å². The number of nitrogens with one attached hydrogen (secondary N) is 1. The summed E-state index contributed by atoms with van der Waals surface area (Å²) in [6, 6.07) is -0.454. The molecule has 0 atom stereocenters. The molecule has 0 saturated carbocycles. The third kappa shape index (κ3) is 5.38. The minimum atomic E-state index is -0.998. The van der Waals surface area contributed by atoms with Gasteiger partial charge in [0.15, 0.2) is 0 Å². The quantitative estimate of drug-likeness (QED) is 0.767. The summed E-state index contributed by atoms with van der Waals surface area (Å²) in [5.74, 6) is -0.563. The number of carbonyl (C=O) groups is 2. The molecule has 0 aromatic heterocycles. The first-order valence-electron chi connectivity index (χ1n) is 6.34. The van der Waals surface area contributed by atoms with E-state index in [9.17, 15) is 9.59 Å². The molecule has 5 heteroatoms. The van der Waals surface area contributed by atoms with E-state index in [2.05, 4.69) is 33.0 Å². The van der Waals surface area contributed by atoms with Gasteiger partial charge in [-0.25, -0.2) is 4.79 Å². The van der Waals surface area contributed by atoms with Crippen LogP contribution in [-0.2, 0) is 4.79 Å². The van der Waals surface area contributed by atoms with Crippen LogP contribution in [0.25, 0.3) is 0 Å². The van der Waals surface area contributed by atoms with Crippen molar-refractivity contribution >= 4 is 12.0 Å². The molecule has 0 aromatic rings. The molecule has 106 valence electrons. The van der Waals surface area contributed by atoms with Crippen LogP contribution in [0.3, 0.4) is 0 Å². The molecule has 2 N–H and O–H groups in total. The molecule has 18 heavy (non-hydrogen) atoms. The number of amides is 2. The Labute approximate surface area is 110 Å². The van der Waals surface area contributed by atoms with Crippen molar-refractivity contribution in [1.29, 1.82) is 0 Å². The minimum Gasteiger partial charge on any atom is -0.480 e. The smallest absolute Gasteiger partial charge is 0.323 e. The normalized spacial score (nSPS) is 11.8. The summed E-state index contributed by atoms with van der Waals surface area (Å²) in [6.07, 6.45) is 0. The Hall–Kier alpha value is -1.26. The van der Waals surface area contributed by atoms with Gasteiger partial charge in [0.05, 0.1) is 0 Å². The van der Waals surface area contributed by atoms with Crippen molar-refractivity contribution in [3.8, 4) is 0 Å². The highest BCUT2D eigenvalue weighted by Gasteiger charge is 2.25. The van der Waals surface area contributed by atoms with Gasteiger partial charge in [-0.1, -0.05) is 27.7 Å². The first-order valence-corrected chi connectivity index (χ1v) is 6.34. The van der Waals surface area contributed by atoms with Gasteiger partial charge in [-0.15, -0.1) is 0 Å². The van der Waals surface area contributed by atoms with E-state index >= 15 is 0 Å².